The van der Waals surface area contributed by atoms with Crippen LogP contribution in [-0.4, -0.2) is 21.2 Å². The minimum atomic E-state index is -0.961. The average Bonchev–Trinajstić information content (AvgIpc) is 3.16. The highest BCUT2D eigenvalue weighted by Gasteiger charge is 2.28. The molecule has 1 aliphatic carbocycles. The molecule has 0 spiro atoms. The van der Waals surface area contributed by atoms with E-state index in [0.29, 0.717) is 17.6 Å². The molecule has 0 saturated heterocycles. The molecular formula is C13H12N2O4. The van der Waals surface area contributed by atoms with Crippen molar-refractivity contribution in [2.75, 3.05) is 0 Å². The van der Waals surface area contributed by atoms with Crippen molar-refractivity contribution < 1.29 is 19.2 Å². The number of carbonyl (C=O) groups is 1. The molecule has 0 aliphatic heterocycles. The van der Waals surface area contributed by atoms with Gasteiger partial charge in [0.15, 0.2) is 12.4 Å². The van der Waals surface area contributed by atoms with E-state index >= 15 is 0 Å². The molecule has 1 fully saturated rings. The van der Waals surface area contributed by atoms with Gasteiger partial charge in [0.2, 0.25) is 0 Å². The van der Waals surface area contributed by atoms with Crippen LogP contribution in [0.4, 0.5) is 0 Å². The lowest BCUT2D eigenvalue weighted by Crippen LogP contribution is -1.98. The van der Waals surface area contributed by atoms with Crippen molar-refractivity contribution in [3.05, 3.63) is 41.5 Å². The van der Waals surface area contributed by atoms with Gasteiger partial charge in [-0.1, -0.05) is 5.16 Å². The van der Waals surface area contributed by atoms with E-state index in [4.69, 9.17) is 14.4 Å². The predicted molar refractivity (Wildman–Crippen MR) is 64.0 cm³/mol. The molecule has 6 heteroatoms. The lowest BCUT2D eigenvalue weighted by atomic mass is 10.2. The number of carboxylic acid groups (broad SMARTS) is 1. The van der Waals surface area contributed by atoms with Crippen LogP contribution in [0, 0.1) is 0 Å². The summed E-state index contributed by atoms with van der Waals surface area (Å²) < 4.78 is 10.5. The van der Waals surface area contributed by atoms with Gasteiger partial charge in [-0.3, -0.25) is 0 Å². The summed E-state index contributed by atoms with van der Waals surface area (Å²) in [5.41, 5.74) is 0.223. The Bertz CT molecular complexity index is 587. The number of aromatic carboxylic acids is 1. The predicted octanol–water partition coefficient (Wildman–Crippen LogP) is 2.22. The van der Waals surface area contributed by atoms with Gasteiger partial charge in [0, 0.05) is 5.92 Å². The lowest BCUT2D eigenvalue weighted by Gasteiger charge is -2.02. The molecule has 1 aromatic heterocycles. The van der Waals surface area contributed by atoms with Crippen LogP contribution in [0.1, 0.15) is 40.8 Å². The van der Waals surface area contributed by atoms with Crippen molar-refractivity contribution in [1.82, 2.24) is 10.1 Å². The van der Waals surface area contributed by atoms with Gasteiger partial charge in [-0.2, -0.15) is 4.98 Å². The molecule has 0 amide bonds. The molecule has 1 aliphatic rings. The van der Waals surface area contributed by atoms with Crippen molar-refractivity contribution in [1.29, 1.82) is 0 Å². The van der Waals surface area contributed by atoms with Gasteiger partial charge in [0.1, 0.15) is 5.75 Å². The smallest absolute Gasteiger partial charge is 0.335 e. The standard InChI is InChI=1S/C13H12N2O4/c16-13(17)9-3-5-10(6-4-9)18-7-11-14-12(15-19-11)8-1-2-8/h3-6,8H,1-2,7H2,(H,16,17). The van der Waals surface area contributed by atoms with Gasteiger partial charge < -0.3 is 14.4 Å². The van der Waals surface area contributed by atoms with Crippen LogP contribution in [0.25, 0.3) is 0 Å². The number of rotatable bonds is 5. The second-order valence-corrected chi connectivity index (χ2v) is 4.44. The first kappa shape index (κ1) is 11.7. The fourth-order valence-electron chi connectivity index (χ4n) is 1.67. The molecule has 0 atom stereocenters. The molecule has 1 aromatic carbocycles. The van der Waals surface area contributed by atoms with Gasteiger partial charge in [0.25, 0.3) is 5.89 Å². The highest BCUT2D eigenvalue weighted by Crippen LogP contribution is 2.38. The molecule has 98 valence electrons. The molecule has 0 radical (unpaired) electrons. The van der Waals surface area contributed by atoms with E-state index in [1.165, 1.54) is 12.1 Å². The Kier molecular flexibility index (Phi) is 2.91. The van der Waals surface area contributed by atoms with Crippen molar-refractivity contribution in [3.63, 3.8) is 0 Å². The minimum absolute atomic E-state index is 0.187. The molecular weight excluding hydrogens is 248 g/mol. The summed E-state index contributed by atoms with van der Waals surface area (Å²) in [5, 5.41) is 12.7. The van der Waals surface area contributed by atoms with Crippen LogP contribution >= 0.6 is 0 Å². The maximum atomic E-state index is 10.7. The Balaban J connectivity index is 1.59. The SMILES string of the molecule is O=C(O)c1ccc(OCc2nc(C3CC3)no2)cc1. The van der Waals surface area contributed by atoms with Gasteiger partial charge in [-0.15, -0.1) is 0 Å². The van der Waals surface area contributed by atoms with E-state index < -0.39 is 5.97 Å². The molecule has 3 rings (SSSR count). The Morgan fingerprint density at radius 1 is 1.37 bits per heavy atom. The maximum Gasteiger partial charge on any atom is 0.335 e. The first-order chi connectivity index (χ1) is 9.22. The zero-order valence-electron chi connectivity index (χ0n) is 10.1. The fourth-order valence-corrected chi connectivity index (χ4v) is 1.67. The van der Waals surface area contributed by atoms with Crippen LogP contribution < -0.4 is 4.74 Å². The Morgan fingerprint density at radius 3 is 2.74 bits per heavy atom. The third-order valence-corrected chi connectivity index (χ3v) is 2.89. The summed E-state index contributed by atoms with van der Waals surface area (Å²) in [4.78, 5) is 14.9. The molecule has 1 N–H and O–H groups in total. The molecule has 0 bridgehead atoms. The Morgan fingerprint density at radius 2 is 2.11 bits per heavy atom. The Labute approximate surface area is 109 Å². The third kappa shape index (κ3) is 2.73. The largest absolute Gasteiger partial charge is 0.484 e. The average molecular weight is 260 g/mol. The van der Waals surface area contributed by atoms with Gasteiger partial charge in [0.05, 0.1) is 5.56 Å². The maximum absolute atomic E-state index is 10.7. The minimum Gasteiger partial charge on any atom is -0.484 e. The van der Waals surface area contributed by atoms with Crippen LogP contribution in [0.15, 0.2) is 28.8 Å². The van der Waals surface area contributed by atoms with Crippen LogP contribution in [-0.2, 0) is 6.61 Å². The van der Waals surface area contributed by atoms with Crippen molar-refractivity contribution in [3.8, 4) is 5.75 Å². The monoisotopic (exact) mass is 260 g/mol. The second kappa shape index (κ2) is 4.72. The zero-order chi connectivity index (χ0) is 13.2. The fraction of sp³-hybridized carbons (Fsp3) is 0.308. The Hall–Kier alpha value is -2.37. The summed E-state index contributed by atoms with van der Waals surface area (Å²) in [6.45, 7) is 0.187. The number of nitrogens with zero attached hydrogens (tertiary/aromatic N) is 2. The van der Waals surface area contributed by atoms with Crippen LogP contribution in [0.5, 0.6) is 5.75 Å². The number of benzene rings is 1. The quantitative estimate of drug-likeness (QED) is 0.887. The van der Waals surface area contributed by atoms with Crippen molar-refractivity contribution >= 4 is 5.97 Å². The van der Waals surface area contributed by atoms with Gasteiger partial charge in [-0.25, -0.2) is 4.79 Å². The number of ether oxygens (including phenoxy) is 1. The number of hydrogen-bond acceptors (Lipinski definition) is 5. The van der Waals surface area contributed by atoms with Crippen LogP contribution in [0.2, 0.25) is 0 Å². The molecule has 6 nitrogen and oxygen atoms in total. The molecule has 19 heavy (non-hydrogen) atoms. The van der Waals surface area contributed by atoms with E-state index in [1.54, 1.807) is 12.1 Å². The van der Waals surface area contributed by atoms with Crippen molar-refractivity contribution in [2.45, 2.75) is 25.4 Å². The van der Waals surface area contributed by atoms with E-state index in [1.807, 2.05) is 0 Å². The first-order valence-electron chi connectivity index (χ1n) is 6.01. The summed E-state index contributed by atoms with van der Waals surface area (Å²) in [7, 11) is 0. The summed E-state index contributed by atoms with van der Waals surface area (Å²) in [6.07, 6.45) is 2.24. The highest BCUT2D eigenvalue weighted by atomic mass is 16.5. The van der Waals surface area contributed by atoms with Crippen molar-refractivity contribution in [2.24, 2.45) is 0 Å². The molecule has 0 unspecified atom stereocenters. The zero-order valence-corrected chi connectivity index (χ0v) is 10.1. The van der Waals surface area contributed by atoms with Gasteiger partial charge >= 0.3 is 5.97 Å². The lowest BCUT2D eigenvalue weighted by molar-refractivity contribution is 0.0697. The van der Waals surface area contributed by atoms with E-state index in [2.05, 4.69) is 10.1 Å². The second-order valence-electron chi connectivity index (χ2n) is 4.44. The van der Waals surface area contributed by atoms with Gasteiger partial charge in [-0.05, 0) is 37.1 Å². The number of hydrogen-bond donors (Lipinski definition) is 1. The molecule has 1 saturated carbocycles. The summed E-state index contributed by atoms with van der Waals surface area (Å²) in [6, 6.07) is 6.17. The van der Waals surface area contributed by atoms with Crippen LogP contribution in [0.3, 0.4) is 0 Å². The molecule has 2 aromatic rings. The first-order valence-corrected chi connectivity index (χ1v) is 6.01. The third-order valence-electron chi connectivity index (χ3n) is 2.89. The summed E-state index contributed by atoms with van der Waals surface area (Å²) in [5.74, 6) is 1.24. The summed E-state index contributed by atoms with van der Waals surface area (Å²) >= 11 is 0. The number of aromatic nitrogens is 2. The molecule has 1 heterocycles. The number of carboxylic acids is 1. The van der Waals surface area contributed by atoms with E-state index in [-0.39, 0.29) is 12.2 Å². The normalized spacial score (nSPS) is 14.3. The van der Waals surface area contributed by atoms with E-state index in [9.17, 15) is 4.79 Å². The van der Waals surface area contributed by atoms with E-state index in [0.717, 1.165) is 18.7 Å². The topological polar surface area (TPSA) is 85.5 Å². The highest BCUT2D eigenvalue weighted by molar-refractivity contribution is 5.87.